The molecule has 0 amide bonds. The summed E-state index contributed by atoms with van der Waals surface area (Å²) in [5, 5.41) is 0. The van der Waals surface area contributed by atoms with Gasteiger partial charge in [-0.05, 0) is 71.2 Å². The fourth-order valence-corrected chi connectivity index (χ4v) is 4.76. The van der Waals surface area contributed by atoms with Crippen LogP contribution in [-0.4, -0.2) is 117 Å². The molecule has 3 rings (SSSR count). The molecular formula is C25H45N5. The van der Waals surface area contributed by atoms with E-state index in [2.05, 4.69) is 76.8 Å². The zero-order chi connectivity index (χ0) is 21.3. The molecular weight excluding hydrogens is 370 g/mol. The van der Waals surface area contributed by atoms with Crippen molar-refractivity contribution in [1.29, 1.82) is 0 Å². The third kappa shape index (κ3) is 7.61. The van der Waals surface area contributed by atoms with E-state index in [4.69, 9.17) is 0 Å². The van der Waals surface area contributed by atoms with Crippen LogP contribution in [0.4, 0.5) is 0 Å². The normalized spacial score (nSPS) is 20.5. The summed E-state index contributed by atoms with van der Waals surface area (Å²) in [6.45, 7) is 15.4. The minimum absolute atomic E-state index is 0.830. The van der Waals surface area contributed by atoms with Crippen LogP contribution in [0.25, 0.3) is 0 Å². The number of nitrogens with zero attached hydrogens (tertiary/aromatic N) is 5. The molecule has 0 radical (unpaired) electrons. The molecule has 0 aromatic heterocycles. The number of likely N-dealkylation sites (N-methyl/N-ethyl adjacent to an activating group) is 2. The highest BCUT2D eigenvalue weighted by atomic mass is 15.3. The van der Waals surface area contributed by atoms with Gasteiger partial charge in [0.05, 0.1) is 0 Å². The largest absolute Gasteiger partial charge is 0.308 e. The highest BCUT2D eigenvalue weighted by Gasteiger charge is 2.26. The summed E-state index contributed by atoms with van der Waals surface area (Å²) in [6.07, 6.45) is 3.88. The Kier molecular flexibility index (Phi) is 9.60. The van der Waals surface area contributed by atoms with Gasteiger partial charge >= 0.3 is 0 Å². The summed E-state index contributed by atoms with van der Waals surface area (Å²) in [5.41, 5.74) is 2.92. The monoisotopic (exact) mass is 415 g/mol. The maximum atomic E-state index is 2.76. The van der Waals surface area contributed by atoms with Gasteiger partial charge in [0.1, 0.15) is 0 Å². The first kappa shape index (κ1) is 23.7. The first-order valence-electron chi connectivity index (χ1n) is 12.1. The maximum Gasteiger partial charge on any atom is 0.0234 e. The van der Waals surface area contributed by atoms with Crippen LogP contribution >= 0.6 is 0 Å². The molecule has 5 heteroatoms. The van der Waals surface area contributed by atoms with Crippen molar-refractivity contribution >= 4 is 0 Å². The number of likely N-dealkylation sites (tertiary alicyclic amines) is 1. The van der Waals surface area contributed by atoms with Crippen molar-refractivity contribution in [3.63, 3.8) is 0 Å². The van der Waals surface area contributed by atoms with E-state index >= 15 is 0 Å². The second-order valence-corrected chi connectivity index (χ2v) is 9.65. The molecule has 0 atom stereocenters. The number of piperazine rings is 1. The summed E-state index contributed by atoms with van der Waals surface area (Å²) in [4.78, 5) is 12.7. The Morgan fingerprint density at radius 3 is 2.10 bits per heavy atom. The topological polar surface area (TPSA) is 16.2 Å². The van der Waals surface area contributed by atoms with Gasteiger partial charge in [0.2, 0.25) is 0 Å². The lowest BCUT2D eigenvalue weighted by Gasteiger charge is -2.42. The number of benzene rings is 1. The van der Waals surface area contributed by atoms with E-state index < -0.39 is 0 Å². The van der Waals surface area contributed by atoms with Crippen LogP contribution in [0.5, 0.6) is 0 Å². The molecule has 1 aromatic rings. The predicted molar refractivity (Wildman–Crippen MR) is 128 cm³/mol. The molecule has 1 aromatic carbocycles. The number of rotatable bonds is 10. The maximum absolute atomic E-state index is 2.76. The fraction of sp³-hybridized carbons (Fsp3) is 0.760. The molecule has 30 heavy (non-hydrogen) atoms. The number of hydrogen-bond acceptors (Lipinski definition) is 5. The zero-order valence-electron chi connectivity index (χ0n) is 20.0. The Labute approximate surface area is 185 Å². The summed E-state index contributed by atoms with van der Waals surface area (Å²) in [7, 11) is 6.56. The Morgan fingerprint density at radius 1 is 0.867 bits per heavy atom. The molecule has 0 spiro atoms. The van der Waals surface area contributed by atoms with Crippen molar-refractivity contribution in [2.45, 2.75) is 38.8 Å². The molecule has 0 N–H and O–H groups in total. The summed E-state index contributed by atoms with van der Waals surface area (Å²) in [6, 6.07) is 10.2. The van der Waals surface area contributed by atoms with Crippen LogP contribution in [0.3, 0.4) is 0 Å². The van der Waals surface area contributed by atoms with Gasteiger partial charge in [-0.1, -0.05) is 31.2 Å². The van der Waals surface area contributed by atoms with Gasteiger partial charge in [0, 0.05) is 58.4 Å². The molecule has 2 aliphatic rings. The SMILES string of the molecule is CCN(CCN(C)C)Cc1ccc(CCN2CCN(C3CCN(C)CC3)CC2)cc1. The van der Waals surface area contributed by atoms with Gasteiger partial charge in [0.15, 0.2) is 0 Å². The van der Waals surface area contributed by atoms with Crippen LogP contribution in [-0.2, 0) is 13.0 Å². The van der Waals surface area contributed by atoms with Crippen LogP contribution in [0.1, 0.15) is 30.9 Å². The number of hydrogen-bond donors (Lipinski definition) is 0. The van der Waals surface area contributed by atoms with Crippen molar-refractivity contribution in [1.82, 2.24) is 24.5 Å². The molecule has 0 bridgehead atoms. The zero-order valence-corrected chi connectivity index (χ0v) is 20.0. The van der Waals surface area contributed by atoms with Crippen LogP contribution in [0, 0.1) is 0 Å². The van der Waals surface area contributed by atoms with Crippen LogP contribution < -0.4 is 0 Å². The quantitative estimate of drug-likeness (QED) is 0.581. The summed E-state index contributed by atoms with van der Waals surface area (Å²) < 4.78 is 0. The van der Waals surface area contributed by atoms with E-state index in [1.54, 1.807) is 0 Å². The van der Waals surface area contributed by atoms with E-state index in [0.29, 0.717) is 0 Å². The molecule has 0 unspecified atom stereocenters. The molecule has 0 aliphatic carbocycles. The Bertz CT molecular complexity index is 586. The molecule has 2 fully saturated rings. The van der Waals surface area contributed by atoms with Gasteiger partial charge in [0.25, 0.3) is 0 Å². The second kappa shape index (κ2) is 12.2. The van der Waals surface area contributed by atoms with Crippen LogP contribution in [0.15, 0.2) is 24.3 Å². The predicted octanol–water partition coefficient (Wildman–Crippen LogP) is 2.32. The molecule has 5 nitrogen and oxygen atoms in total. The minimum atomic E-state index is 0.830. The lowest BCUT2D eigenvalue weighted by molar-refractivity contribution is 0.0651. The molecule has 0 saturated carbocycles. The number of piperidine rings is 1. The van der Waals surface area contributed by atoms with Crippen molar-refractivity contribution in [2.75, 3.05) is 86.6 Å². The van der Waals surface area contributed by atoms with E-state index in [9.17, 15) is 0 Å². The molecule has 2 heterocycles. The highest BCUT2D eigenvalue weighted by molar-refractivity contribution is 5.22. The first-order valence-corrected chi connectivity index (χ1v) is 12.1. The van der Waals surface area contributed by atoms with Gasteiger partial charge < -0.3 is 14.7 Å². The lowest BCUT2D eigenvalue weighted by atomic mass is 10.0. The average Bonchev–Trinajstić information content (AvgIpc) is 2.77. The Balaban J connectivity index is 1.36. The third-order valence-electron chi connectivity index (χ3n) is 7.07. The first-order chi connectivity index (χ1) is 14.5. The van der Waals surface area contributed by atoms with Crippen molar-refractivity contribution in [2.24, 2.45) is 0 Å². The second-order valence-electron chi connectivity index (χ2n) is 9.65. The van der Waals surface area contributed by atoms with E-state index in [-0.39, 0.29) is 0 Å². The molecule has 170 valence electrons. The Hall–Kier alpha value is -0.980. The third-order valence-corrected chi connectivity index (χ3v) is 7.07. The van der Waals surface area contributed by atoms with E-state index in [1.165, 1.54) is 76.2 Å². The van der Waals surface area contributed by atoms with Crippen LogP contribution in [0.2, 0.25) is 0 Å². The van der Waals surface area contributed by atoms with Gasteiger partial charge in [-0.15, -0.1) is 0 Å². The smallest absolute Gasteiger partial charge is 0.0234 e. The van der Waals surface area contributed by atoms with Gasteiger partial charge in [-0.3, -0.25) is 9.80 Å². The van der Waals surface area contributed by atoms with Crippen molar-refractivity contribution in [3.8, 4) is 0 Å². The summed E-state index contributed by atoms with van der Waals surface area (Å²) >= 11 is 0. The summed E-state index contributed by atoms with van der Waals surface area (Å²) in [5.74, 6) is 0. The fourth-order valence-electron chi connectivity index (χ4n) is 4.76. The van der Waals surface area contributed by atoms with E-state index in [0.717, 1.165) is 32.2 Å². The molecule has 2 aliphatic heterocycles. The molecule has 2 saturated heterocycles. The van der Waals surface area contributed by atoms with Crippen molar-refractivity contribution < 1.29 is 0 Å². The van der Waals surface area contributed by atoms with Gasteiger partial charge in [-0.25, -0.2) is 0 Å². The highest BCUT2D eigenvalue weighted by Crippen LogP contribution is 2.17. The standard InChI is InChI=1S/C25H45N5/c1-5-28(17-16-26(2)3)22-24-8-6-23(7-9-24)10-15-29-18-20-30(21-19-29)25-11-13-27(4)14-12-25/h6-9,25H,5,10-22H2,1-4H3. The lowest BCUT2D eigenvalue weighted by Crippen LogP contribution is -2.53. The average molecular weight is 416 g/mol. The Morgan fingerprint density at radius 2 is 1.50 bits per heavy atom. The van der Waals surface area contributed by atoms with E-state index in [1.807, 2.05) is 0 Å². The van der Waals surface area contributed by atoms with Gasteiger partial charge in [-0.2, -0.15) is 0 Å². The van der Waals surface area contributed by atoms with Crippen molar-refractivity contribution in [3.05, 3.63) is 35.4 Å². The minimum Gasteiger partial charge on any atom is -0.308 e.